The molecule has 8 heteroatoms. The lowest BCUT2D eigenvalue weighted by Crippen LogP contribution is -2.40. The zero-order chi connectivity index (χ0) is 23.4. The van der Waals surface area contributed by atoms with E-state index in [9.17, 15) is 14.4 Å². The Bertz CT molecular complexity index is 994. The lowest BCUT2D eigenvalue weighted by molar-refractivity contribution is -0.149. The number of hydrogen-bond donors (Lipinski definition) is 3. The number of benzene rings is 2. The highest BCUT2D eigenvalue weighted by atomic mass is 16.5. The fraction of sp³-hybridized carbons (Fsp3) is 0.400. The van der Waals surface area contributed by atoms with Crippen LogP contribution in [0.1, 0.15) is 43.2 Å². The smallest absolute Gasteiger partial charge is 0.407 e. The first kappa shape index (κ1) is 22.8. The first-order valence-corrected chi connectivity index (χ1v) is 11.2. The van der Waals surface area contributed by atoms with E-state index in [1.165, 1.54) is 0 Å². The minimum absolute atomic E-state index is 0.0252. The lowest BCUT2D eigenvalue weighted by Gasteiger charge is -2.18. The molecule has 3 atom stereocenters. The van der Waals surface area contributed by atoms with Crippen LogP contribution in [-0.2, 0) is 19.1 Å². The Hall–Kier alpha value is -3.39. The van der Waals surface area contributed by atoms with Gasteiger partial charge in [0.25, 0.3) is 0 Å². The third-order valence-electron chi connectivity index (χ3n) is 6.11. The molecule has 2 aromatic carbocycles. The highest BCUT2D eigenvalue weighted by molar-refractivity contribution is 5.79. The van der Waals surface area contributed by atoms with E-state index >= 15 is 0 Å². The number of fused-ring (bicyclic) bond motifs is 3. The SMILES string of the molecule is CC(CC(=O)NCC1CCC(C(=O)O)O1)NC(=O)OCC1c2ccccc2-c2ccccc21. The second-order valence-electron chi connectivity index (χ2n) is 8.54. The zero-order valence-corrected chi connectivity index (χ0v) is 18.5. The molecule has 8 nitrogen and oxygen atoms in total. The van der Waals surface area contributed by atoms with E-state index in [4.69, 9.17) is 14.6 Å². The van der Waals surface area contributed by atoms with Crippen molar-refractivity contribution < 1.29 is 29.0 Å². The monoisotopic (exact) mass is 452 g/mol. The molecular formula is C25H28N2O6. The summed E-state index contributed by atoms with van der Waals surface area (Å²) in [7, 11) is 0. The van der Waals surface area contributed by atoms with Crippen LogP contribution in [0.2, 0.25) is 0 Å². The molecule has 0 spiro atoms. The second-order valence-corrected chi connectivity index (χ2v) is 8.54. The average molecular weight is 453 g/mol. The number of hydrogen-bond acceptors (Lipinski definition) is 5. The number of rotatable bonds is 8. The molecule has 1 aliphatic heterocycles. The number of amides is 2. The molecule has 0 aromatic heterocycles. The standard InChI is InChI=1S/C25H28N2O6/c1-15(12-23(28)26-13-16-10-11-22(33-16)24(29)30)27-25(31)32-14-21-19-8-4-2-6-17(19)18-7-3-5-9-20(18)21/h2-9,15-16,21-22H,10-14H2,1H3,(H,26,28)(H,27,31)(H,29,30). The third kappa shape index (κ3) is 5.34. The number of carboxylic acid groups (broad SMARTS) is 1. The van der Waals surface area contributed by atoms with Crippen LogP contribution in [0.5, 0.6) is 0 Å². The van der Waals surface area contributed by atoms with Gasteiger partial charge in [0, 0.05) is 24.9 Å². The summed E-state index contributed by atoms with van der Waals surface area (Å²) in [5, 5.41) is 14.4. The van der Waals surface area contributed by atoms with E-state index in [0.717, 1.165) is 22.3 Å². The van der Waals surface area contributed by atoms with Crippen LogP contribution in [0.3, 0.4) is 0 Å². The van der Waals surface area contributed by atoms with Gasteiger partial charge in [0.05, 0.1) is 6.10 Å². The highest BCUT2D eigenvalue weighted by Gasteiger charge is 2.31. The van der Waals surface area contributed by atoms with Gasteiger partial charge in [-0.1, -0.05) is 48.5 Å². The van der Waals surface area contributed by atoms with Crippen molar-refractivity contribution in [3.63, 3.8) is 0 Å². The maximum atomic E-state index is 12.3. The summed E-state index contributed by atoms with van der Waals surface area (Å²) >= 11 is 0. The third-order valence-corrected chi connectivity index (χ3v) is 6.11. The molecule has 2 aliphatic rings. The number of alkyl carbamates (subject to hydrolysis) is 1. The maximum absolute atomic E-state index is 12.3. The van der Waals surface area contributed by atoms with E-state index in [1.807, 2.05) is 24.3 Å². The Kier molecular flexibility index (Phi) is 6.93. The van der Waals surface area contributed by atoms with Crippen molar-refractivity contribution in [2.45, 2.75) is 50.4 Å². The number of aliphatic carboxylic acids is 1. The quantitative estimate of drug-likeness (QED) is 0.567. The van der Waals surface area contributed by atoms with Gasteiger partial charge in [-0.3, -0.25) is 4.79 Å². The van der Waals surface area contributed by atoms with Gasteiger partial charge in [-0.15, -0.1) is 0 Å². The van der Waals surface area contributed by atoms with Gasteiger partial charge in [0.1, 0.15) is 6.61 Å². The minimum Gasteiger partial charge on any atom is -0.479 e. The van der Waals surface area contributed by atoms with Crippen molar-refractivity contribution in [1.82, 2.24) is 10.6 Å². The summed E-state index contributed by atoms with van der Waals surface area (Å²) in [4.78, 5) is 35.4. The summed E-state index contributed by atoms with van der Waals surface area (Å²) in [6.07, 6.45) is -0.568. The van der Waals surface area contributed by atoms with Gasteiger partial charge in [-0.05, 0) is 42.0 Å². The molecule has 174 valence electrons. The van der Waals surface area contributed by atoms with E-state index in [-0.39, 0.29) is 37.5 Å². The fourth-order valence-corrected chi connectivity index (χ4v) is 4.51. The molecule has 1 heterocycles. The van der Waals surface area contributed by atoms with Crippen molar-refractivity contribution >= 4 is 18.0 Å². The van der Waals surface area contributed by atoms with Crippen molar-refractivity contribution in [2.24, 2.45) is 0 Å². The van der Waals surface area contributed by atoms with Crippen LogP contribution in [0.15, 0.2) is 48.5 Å². The van der Waals surface area contributed by atoms with E-state index in [2.05, 4.69) is 34.9 Å². The molecule has 2 aromatic rings. The summed E-state index contributed by atoms with van der Waals surface area (Å²) in [5.74, 6) is -1.25. The first-order chi connectivity index (χ1) is 15.9. The van der Waals surface area contributed by atoms with Gasteiger partial charge >= 0.3 is 12.1 Å². The Balaban J connectivity index is 1.22. The minimum atomic E-state index is -0.982. The van der Waals surface area contributed by atoms with Crippen molar-refractivity contribution in [3.8, 4) is 11.1 Å². The van der Waals surface area contributed by atoms with Crippen molar-refractivity contribution in [3.05, 3.63) is 59.7 Å². The average Bonchev–Trinajstić information content (AvgIpc) is 3.39. The first-order valence-electron chi connectivity index (χ1n) is 11.2. The molecule has 1 aliphatic carbocycles. The van der Waals surface area contributed by atoms with E-state index in [1.54, 1.807) is 6.92 Å². The summed E-state index contributed by atoms with van der Waals surface area (Å²) in [6.45, 7) is 2.19. The molecule has 0 saturated carbocycles. The maximum Gasteiger partial charge on any atom is 0.407 e. The Labute approximate surface area is 192 Å². The molecule has 2 amide bonds. The van der Waals surface area contributed by atoms with Crippen LogP contribution in [0.25, 0.3) is 11.1 Å². The van der Waals surface area contributed by atoms with Crippen LogP contribution in [0, 0.1) is 0 Å². The largest absolute Gasteiger partial charge is 0.479 e. The Morgan fingerprint density at radius 1 is 1.06 bits per heavy atom. The molecule has 3 N–H and O–H groups in total. The predicted octanol–water partition coefficient (Wildman–Crippen LogP) is 3.05. The molecular weight excluding hydrogens is 424 g/mol. The van der Waals surface area contributed by atoms with Gasteiger partial charge in [-0.25, -0.2) is 9.59 Å². The second kappa shape index (κ2) is 10.0. The van der Waals surface area contributed by atoms with Gasteiger partial charge in [-0.2, -0.15) is 0 Å². The van der Waals surface area contributed by atoms with E-state index in [0.29, 0.717) is 12.8 Å². The summed E-state index contributed by atoms with van der Waals surface area (Å²) < 4.78 is 10.9. The number of carboxylic acids is 1. The molecule has 0 bridgehead atoms. The molecule has 0 radical (unpaired) electrons. The van der Waals surface area contributed by atoms with Crippen molar-refractivity contribution in [1.29, 1.82) is 0 Å². The fourth-order valence-electron chi connectivity index (χ4n) is 4.51. The van der Waals surface area contributed by atoms with Crippen LogP contribution >= 0.6 is 0 Å². The zero-order valence-electron chi connectivity index (χ0n) is 18.5. The molecule has 4 rings (SSSR count). The van der Waals surface area contributed by atoms with Crippen LogP contribution < -0.4 is 10.6 Å². The summed E-state index contributed by atoms with van der Waals surface area (Å²) in [6, 6.07) is 15.8. The molecule has 3 unspecified atom stereocenters. The summed E-state index contributed by atoms with van der Waals surface area (Å²) in [5.41, 5.74) is 4.59. The topological polar surface area (TPSA) is 114 Å². The number of carbonyl (C=O) groups is 3. The number of carbonyl (C=O) groups excluding carboxylic acids is 2. The van der Waals surface area contributed by atoms with Crippen LogP contribution in [0.4, 0.5) is 4.79 Å². The lowest BCUT2D eigenvalue weighted by atomic mass is 9.98. The Morgan fingerprint density at radius 3 is 2.30 bits per heavy atom. The number of nitrogens with one attached hydrogen (secondary N) is 2. The normalized spacial score (nSPS) is 19.9. The Morgan fingerprint density at radius 2 is 1.70 bits per heavy atom. The molecule has 1 fully saturated rings. The van der Waals surface area contributed by atoms with Gasteiger partial charge < -0.3 is 25.2 Å². The highest BCUT2D eigenvalue weighted by Crippen LogP contribution is 2.44. The molecule has 33 heavy (non-hydrogen) atoms. The predicted molar refractivity (Wildman–Crippen MR) is 121 cm³/mol. The number of ether oxygens (including phenoxy) is 2. The van der Waals surface area contributed by atoms with Gasteiger partial charge in [0.2, 0.25) is 5.91 Å². The van der Waals surface area contributed by atoms with E-state index < -0.39 is 24.2 Å². The van der Waals surface area contributed by atoms with Gasteiger partial charge in [0.15, 0.2) is 6.10 Å². The van der Waals surface area contributed by atoms with Crippen molar-refractivity contribution in [2.75, 3.05) is 13.2 Å². The van der Waals surface area contributed by atoms with Crippen LogP contribution in [-0.4, -0.2) is 54.5 Å². The molecule has 1 saturated heterocycles.